The fourth-order valence-electron chi connectivity index (χ4n) is 2.93. The molecule has 33 heavy (non-hydrogen) atoms. The summed E-state index contributed by atoms with van der Waals surface area (Å²) in [5.74, 6) is -0.966. The number of carboxylic acid groups (broad SMARTS) is 1. The number of aliphatic carboxylic acids is 1. The lowest BCUT2D eigenvalue weighted by molar-refractivity contribution is -0.142. The van der Waals surface area contributed by atoms with Crippen LogP contribution < -0.4 is 5.32 Å². The van der Waals surface area contributed by atoms with Crippen molar-refractivity contribution in [3.05, 3.63) is 82.2 Å². The van der Waals surface area contributed by atoms with E-state index in [2.05, 4.69) is 5.32 Å². The number of para-hydroxylation sites is 1. The van der Waals surface area contributed by atoms with Crippen molar-refractivity contribution in [2.75, 3.05) is 5.32 Å². The fraction of sp³-hybridized carbons (Fsp3) is 0.167. The molecule has 0 radical (unpaired) electrons. The Morgan fingerprint density at radius 3 is 2.42 bits per heavy atom. The van der Waals surface area contributed by atoms with Crippen LogP contribution in [0, 0.1) is 5.41 Å². The molecule has 0 aliphatic rings. The van der Waals surface area contributed by atoms with Gasteiger partial charge in [0.25, 0.3) is 0 Å². The molecule has 1 aromatic heterocycles. The fourth-order valence-corrected chi connectivity index (χ4v) is 4.08. The minimum Gasteiger partial charge on any atom is -0.481 e. The molecule has 3 aromatic rings. The molecule has 0 aliphatic carbocycles. The second-order valence-electron chi connectivity index (χ2n) is 7.75. The number of alkyl halides is 3. The maximum absolute atomic E-state index is 13.1. The van der Waals surface area contributed by atoms with Gasteiger partial charge in [-0.25, -0.2) is 0 Å². The molecule has 0 spiro atoms. The second-order valence-corrected chi connectivity index (χ2v) is 9.24. The zero-order valence-corrected chi connectivity index (χ0v) is 19.2. The molecule has 0 amide bonds. The molecule has 0 bridgehead atoms. The van der Waals surface area contributed by atoms with Crippen molar-refractivity contribution in [1.82, 2.24) is 0 Å². The molecule has 0 atom stereocenters. The third-order valence-corrected chi connectivity index (χ3v) is 6.51. The van der Waals surface area contributed by atoms with Gasteiger partial charge in [0.2, 0.25) is 0 Å². The molecule has 0 fully saturated rings. The van der Waals surface area contributed by atoms with Crippen LogP contribution in [0.25, 0.3) is 16.1 Å². The van der Waals surface area contributed by atoms with E-state index >= 15 is 0 Å². The van der Waals surface area contributed by atoms with E-state index in [0.717, 1.165) is 16.5 Å². The lowest BCUT2D eigenvalue weighted by Crippen LogP contribution is -2.28. The van der Waals surface area contributed by atoms with Gasteiger partial charge >= 0.3 is 12.1 Å². The van der Waals surface area contributed by atoms with Crippen molar-refractivity contribution in [2.24, 2.45) is 0 Å². The van der Waals surface area contributed by atoms with Gasteiger partial charge in [-0.1, -0.05) is 41.9 Å². The van der Waals surface area contributed by atoms with Gasteiger partial charge in [0, 0.05) is 4.88 Å². The SMILES string of the molecule is CC(C)(C(=O)O)c1cccc(-c2ccc(/C(=C/C(=N)C(F)(F)F)Nc3ccccc3Cl)s2)c1. The Morgan fingerprint density at radius 1 is 1.09 bits per heavy atom. The molecule has 0 saturated heterocycles. The van der Waals surface area contributed by atoms with Gasteiger partial charge in [0.05, 0.1) is 26.7 Å². The molecule has 3 rings (SSSR count). The zero-order valence-electron chi connectivity index (χ0n) is 17.6. The highest BCUT2D eigenvalue weighted by Crippen LogP contribution is 2.36. The van der Waals surface area contributed by atoms with Gasteiger partial charge < -0.3 is 10.4 Å². The first-order chi connectivity index (χ1) is 15.4. The predicted molar refractivity (Wildman–Crippen MR) is 127 cm³/mol. The Bertz CT molecular complexity index is 1230. The number of anilines is 1. The van der Waals surface area contributed by atoms with E-state index in [1.807, 2.05) is 0 Å². The molecular weight excluding hydrogens is 473 g/mol. The summed E-state index contributed by atoms with van der Waals surface area (Å²) in [6.07, 6.45) is -4.08. The second kappa shape index (κ2) is 9.41. The third kappa shape index (κ3) is 5.64. The highest BCUT2D eigenvalue weighted by atomic mass is 35.5. The lowest BCUT2D eigenvalue weighted by Gasteiger charge is -2.20. The highest BCUT2D eigenvalue weighted by molar-refractivity contribution is 7.16. The first-order valence-electron chi connectivity index (χ1n) is 9.73. The molecular formula is C24H20ClF3N2O2S. The molecule has 3 N–H and O–H groups in total. The molecule has 1 heterocycles. The minimum absolute atomic E-state index is 0.0729. The summed E-state index contributed by atoms with van der Waals surface area (Å²) in [5, 5.41) is 20.2. The summed E-state index contributed by atoms with van der Waals surface area (Å²) in [6.45, 7) is 3.21. The number of hydrogen-bond acceptors (Lipinski definition) is 4. The zero-order chi connectivity index (χ0) is 24.4. The number of benzene rings is 2. The number of carbonyl (C=O) groups is 1. The summed E-state index contributed by atoms with van der Waals surface area (Å²) in [4.78, 5) is 12.8. The van der Waals surface area contributed by atoms with Gasteiger partial charge in [-0.2, -0.15) is 13.2 Å². The van der Waals surface area contributed by atoms with Crippen molar-refractivity contribution < 1.29 is 23.1 Å². The van der Waals surface area contributed by atoms with Gasteiger partial charge in [-0.3, -0.25) is 10.2 Å². The van der Waals surface area contributed by atoms with Gasteiger partial charge in [0.1, 0.15) is 5.71 Å². The predicted octanol–water partition coefficient (Wildman–Crippen LogP) is 7.47. The van der Waals surface area contributed by atoms with Gasteiger partial charge in [-0.15, -0.1) is 11.3 Å². The Kier molecular flexibility index (Phi) is 7.00. The smallest absolute Gasteiger partial charge is 0.432 e. The van der Waals surface area contributed by atoms with Crippen LogP contribution in [0.2, 0.25) is 5.02 Å². The van der Waals surface area contributed by atoms with Crippen LogP contribution in [0.15, 0.2) is 66.7 Å². The van der Waals surface area contributed by atoms with Crippen molar-refractivity contribution in [2.45, 2.75) is 25.4 Å². The Morgan fingerprint density at radius 2 is 1.79 bits per heavy atom. The topological polar surface area (TPSA) is 73.2 Å². The number of halogens is 4. The van der Waals surface area contributed by atoms with Crippen LogP contribution >= 0.6 is 22.9 Å². The Balaban J connectivity index is 2.02. The van der Waals surface area contributed by atoms with Crippen molar-refractivity contribution in [3.8, 4) is 10.4 Å². The monoisotopic (exact) mass is 492 g/mol. The van der Waals surface area contributed by atoms with Crippen LogP contribution in [0.4, 0.5) is 18.9 Å². The molecule has 9 heteroatoms. The van der Waals surface area contributed by atoms with Gasteiger partial charge in [0.15, 0.2) is 0 Å². The van der Waals surface area contributed by atoms with E-state index < -0.39 is 23.3 Å². The summed E-state index contributed by atoms with van der Waals surface area (Å²) in [7, 11) is 0. The van der Waals surface area contributed by atoms with E-state index in [4.69, 9.17) is 17.0 Å². The lowest BCUT2D eigenvalue weighted by atomic mass is 9.84. The summed E-state index contributed by atoms with van der Waals surface area (Å²) in [5.41, 5.74) is -0.789. The van der Waals surface area contributed by atoms with E-state index in [1.165, 1.54) is 11.3 Å². The number of nitrogens with one attached hydrogen (secondary N) is 2. The largest absolute Gasteiger partial charge is 0.481 e. The molecule has 0 saturated carbocycles. The number of carboxylic acids is 1. The Labute approximate surface area is 197 Å². The van der Waals surface area contributed by atoms with Gasteiger partial charge in [-0.05, 0) is 61.4 Å². The van der Waals surface area contributed by atoms with E-state index in [1.54, 1.807) is 74.5 Å². The van der Waals surface area contributed by atoms with E-state index in [-0.39, 0.29) is 5.70 Å². The molecule has 2 aromatic carbocycles. The first-order valence-corrected chi connectivity index (χ1v) is 10.9. The maximum Gasteiger partial charge on any atom is 0.432 e. The Hall–Kier alpha value is -3.10. The normalized spacial score (nSPS) is 12.5. The van der Waals surface area contributed by atoms with Crippen LogP contribution in [-0.4, -0.2) is 23.0 Å². The van der Waals surface area contributed by atoms with Crippen molar-refractivity contribution in [3.63, 3.8) is 0 Å². The van der Waals surface area contributed by atoms with Crippen LogP contribution in [0.5, 0.6) is 0 Å². The van der Waals surface area contributed by atoms with E-state index in [0.29, 0.717) is 21.2 Å². The minimum atomic E-state index is -4.80. The number of thiophene rings is 1. The summed E-state index contributed by atoms with van der Waals surface area (Å²) in [6, 6.07) is 17.0. The van der Waals surface area contributed by atoms with Crippen molar-refractivity contribution in [1.29, 1.82) is 5.41 Å². The molecule has 0 unspecified atom stereocenters. The van der Waals surface area contributed by atoms with Crippen LogP contribution in [0.1, 0.15) is 24.3 Å². The highest BCUT2D eigenvalue weighted by Gasteiger charge is 2.33. The first kappa shape index (κ1) is 24.5. The third-order valence-electron chi connectivity index (χ3n) is 5.01. The summed E-state index contributed by atoms with van der Waals surface area (Å²) >= 11 is 7.37. The quantitative estimate of drug-likeness (QED) is 0.299. The molecule has 4 nitrogen and oxygen atoms in total. The number of allylic oxidation sites excluding steroid dienone is 1. The maximum atomic E-state index is 13.1. The van der Waals surface area contributed by atoms with E-state index in [9.17, 15) is 23.1 Å². The standard InChI is InChI=1S/C24H20ClF3N2O2S/c1-23(2,22(31)32)15-7-5-6-14(12-15)19-10-11-20(33-19)18(13-21(29)24(26,27)28)30-17-9-4-3-8-16(17)25/h3-13,29-30H,1-2H3,(H,31,32)/b18-13-,29-21?. The molecule has 172 valence electrons. The van der Waals surface area contributed by atoms with Crippen LogP contribution in [0.3, 0.4) is 0 Å². The van der Waals surface area contributed by atoms with Crippen molar-refractivity contribution >= 4 is 46.0 Å². The average molecular weight is 493 g/mol. The summed E-state index contributed by atoms with van der Waals surface area (Å²) < 4.78 is 39.2. The molecule has 0 aliphatic heterocycles. The average Bonchev–Trinajstić information content (AvgIpc) is 3.24. The number of rotatable bonds is 7. The number of hydrogen-bond donors (Lipinski definition) is 3. The van der Waals surface area contributed by atoms with Crippen LogP contribution in [-0.2, 0) is 10.2 Å².